The van der Waals surface area contributed by atoms with Crippen molar-refractivity contribution in [3.05, 3.63) is 57.6 Å². The number of para-hydroxylation sites is 1. The van der Waals surface area contributed by atoms with E-state index in [1.165, 1.54) is 12.1 Å². The Morgan fingerprint density at radius 3 is 2.80 bits per heavy atom. The van der Waals surface area contributed by atoms with Gasteiger partial charge in [-0.05, 0) is 31.2 Å². The van der Waals surface area contributed by atoms with Gasteiger partial charge in [0.25, 0.3) is 5.91 Å². The minimum atomic E-state index is -0.528. The van der Waals surface area contributed by atoms with Crippen molar-refractivity contribution in [2.24, 2.45) is 5.10 Å². The summed E-state index contributed by atoms with van der Waals surface area (Å²) >= 11 is 11.7. The summed E-state index contributed by atoms with van der Waals surface area (Å²) in [6, 6.07) is 11.4. The van der Waals surface area contributed by atoms with Crippen molar-refractivity contribution in [3.63, 3.8) is 0 Å². The Balaban J connectivity index is 2.02. The molecule has 0 saturated heterocycles. The molecule has 2 rings (SSSR count). The molecule has 25 heavy (non-hydrogen) atoms. The van der Waals surface area contributed by atoms with Gasteiger partial charge in [0, 0.05) is 10.6 Å². The highest BCUT2D eigenvalue weighted by atomic mass is 35.5. The zero-order chi connectivity index (χ0) is 18.4. The van der Waals surface area contributed by atoms with Gasteiger partial charge in [-0.3, -0.25) is 4.79 Å². The van der Waals surface area contributed by atoms with Gasteiger partial charge < -0.3 is 9.84 Å². The summed E-state index contributed by atoms with van der Waals surface area (Å²) < 4.78 is 5.29. The summed E-state index contributed by atoms with van der Waals surface area (Å²) in [6.45, 7) is 1.26. The molecular formula is C17H13Cl2N3O3. The van der Waals surface area contributed by atoms with E-state index in [1.54, 1.807) is 31.2 Å². The van der Waals surface area contributed by atoms with Crippen LogP contribution in [-0.4, -0.2) is 23.3 Å². The van der Waals surface area contributed by atoms with E-state index in [9.17, 15) is 9.90 Å². The Morgan fingerprint density at radius 2 is 2.08 bits per heavy atom. The highest BCUT2D eigenvalue weighted by molar-refractivity contribution is 6.36. The summed E-state index contributed by atoms with van der Waals surface area (Å²) in [4.78, 5) is 11.8. The van der Waals surface area contributed by atoms with E-state index in [4.69, 9.17) is 33.2 Å². The molecule has 2 aromatic carbocycles. The standard InChI is InChI=1S/C17H13Cl2N3O3/c1-10(13-6-12(18)7-14(19)17(13)24)21-22-16(23)9-25-15-5-3-2-4-11(15)8-20/h2-7,24H,9H2,1H3,(H,22,23)/b21-10+. The first-order chi connectivity index (χ1) is 11.9. The summed E-state index contributed by atoms with van der Waals surface area (Å²) in [7, 11) is 0. The maximum absolute atomic E-state index is 11.8. The lowest BCUT2D eigenvalue weighted by molar-refractivity contribution is -0.123. The molecule has 8 heteroatoms. The van der Waals surface area contributed by atoms with Crippen LogP contribution in [0.1, 0.15) is 18.1 Å². The second-order valence-electron chi connectivity index (χ2n) is 4.91. The van der Waals surface area contributed by atoms with Gasteiger partial charge in [-0.15, -0.1) is 0 Å². The monoisotopic (exact) mass is 377 g/mol. The van der Waals surface area contributed by atoms with Crippen LogP contribution in [0.5, 0.6) is 11.5 Å². The van der Waals surface area contributed by atoms with Gasteiger partial charge in [0.1, 0.15) is 17.6 Å². The Labute approximate surface area is 154 Å². The summed E-state index contributed by atoms with van der Waals surface area (Å²) in [5, 5.41) is 23.2. The van der Waals surface area contributed by atoms with E-state index in [-0.39, 0.29) is 17.4 Å². The summed E-state index contributed by atoms with van der Waals surface area (Å²) in [5.41, 5.74) is 3.24. The molecule has 0 aliphatic rings. The van der Waals surface area contributed by atoms with Gasteiger partial charge in [-0.25, -0.2) is 5.43 Å². The zero-order valence-electron chi connectivity index (χ0n) is 13.1. The molecule has 1 amide bonds. The van der Waals surface area contributed by atoms with E-state index < -0.39 is 5.91 Å². The lowest BCUT2D eigenvalue weighted by atomic mass is 10.1. The number of nitrogens with zero attached hydrogens (tertiary/aromatic N) is 2. The number of benzene rings is 2. The van der Waals surface area contributed by atoms with Crippen LogP contribution in [0.3, 0.4) is 0 Å². The molecule has 6 nitrogen and oxygen atoms in total. The minimum Gasteiger partial charge on any atom is -0.506 e. The Bertz CT molecular complexity index is 876. The number of rotatable bonds is 5. The van der Waals surface area contributed by atoms with Gasteiger partial charge in [0.2, 0.25) is 0 Å². The van der Waals surface area contributed by atoms with Gasteiger partial charge in [0.15, 0.2) is 6.61 Å². The van der Waals surface area contributed by atoms with Crippen LogP contribution in [0.25, 0.3) is 0 Å². The molecule has 128 valence electrons. The van der Waals surface area contributed by atoms with Gasteiger partial charge in [0.05, 0.1) is 16.3 Å². The fraction of sp³-hybridized carbons (Fsp3) is 0.118. The molecule has 0 unspecified atom stereocenters. The number of hydrazone groups is 1. The van der Waals surface area contributed by atoms with Crippen molar-refractivity contribution in [1.29, 1.82) is 5.26 Å². The third-order valence-corrected chi connectivity index (χ3v) is 3.64. The molecule has 0 aliphatic carbocycles. The van der Waals surface area contributed by atoms with Gasteiger partial charge >= 0.3 is 0 Å². The molecule has 0 atom stereocenters. The number of nitriles is 1. The number of nitrogens with one attached hydrogen (secondary N) is 1. The van der Waals surface area contributed by atoms with Crippen molar-refractivity contribution < 1.29 is 14.6 Å². The molecule has 0 fully saturated rings. The van der Waals surface area contributed by atoms with Gasteiger partial charge in [-0.1, -0.05) is 35.3 Å². The number of amides is 1. The third kappa shape index (κ3) is 4.86. The quantitative estimate of drug-likeness (QED) is 0.615. The zero-order valence-corrected chi connectivity index (χ0v) is 14.6. The van der Waals surface area contributed by atoms with Gasteiger partial charge in [-0.2, -0.15) is 10.4 Å². The molecule has 0 heterocycles. The average Bonchev–Trinajstić information content (AvgIpc) is 2.61. The van der Waals surface area contributed by atoms with E-state index in [1.807, 2.05) is 6.07 Å². The molecule has 0 saturated carbocycles. The molecule has 2 aromatic rings. The molecular weight excluding hydrogens is 365 g/mol. The van der Waals surface area contributed by atoms with Crippen molar-refractivity contribution in [2.75, 3.05) is 6.61 Å². The molecule has 2 N–H and O–H groups in total. The largest absolute Gasteiger partial charge is 0.506 e. The number of phenols is 1. The van der Waals surface area contributed by atoms with Crippen LogP contribution in [0.4, 0.5) is 0 Å². The van der Waals surface area contributed by atoms with Crippen LogP contribution < -0.4 is 10.2 Å². The molecule has 0 aliphatic heterocycles. The molecule has 0 spiro atoms. The predicted octanol–water partition coefficient (Wildman–Crippen LogP) is 3.49. The van der Waals surface area contributed by atoms with Crippen molar-refractivity contribution in [1.82, 2.24) is 5.43 Å². The number of hydrogen-bond acceptors (Lipinski definition) is 5. The van der Waals surface area contributed by atoms with E-state index in [0.717, 1.165) is 0 Å². The number of ether oxygens (including phenoxy) is 1. The van der Waals surface area contributed by atoms with E-state index >= 15 is 0 Å². The maximum atomic E-state index is 11.8. The van der Waals surface area contributed by atoms with Crippen LogP contribution in [0.15, 0.2) is 41.5 Å². The maximum Gasteiger partial charge on any atom is 0.277 e. The number of aromatic hydroxyl groups is 1. The fourth-order valence-corrected chi connectivity index (χ4v) is 2.40. The van der Waals surface area contributed by atoms with Crippen LogP contribution >= 0.6 is 23.2 Å². The predicted molar refractivity (Wildman–Crippen MR) is 95.1 cm³/mol. The minimum absolute atomic E-state index is 0.0832. The SMILES string of the molecule is C/C(=N\NC(=O)COc1ccccc1C#N)c1cc(Cl)cc(Cl)c1O. The lowest BCUT2D eigenvalue weighted by Crippen LogP contribution is -2.25. The van der Waals surface area contributed by atoms with Crippen LogP contribution in [0, 0.1) is 11.3 Å². The first kappa shape index (κ1) is 18.6. The second kappa shape index (κ2) is 8.38. The fourth-order valence-electron chi connectivity index (χ4n) is 1.91. The first-order valence-electron chi connectivity index (χ1n) is 7.05. The molecule has 0 radical (unpaired) electrons. The van der Waals surface area contributed by atoms with Crippen LogP contribution in [-0.2, 0) is 4.79 Å². The van der Waals surface area contributed by atoms with Crippen LogP contribution in [0.2, 0.25) is 10.0 Å². The number of halogens is 2. The Kier molecular flexibility index (Phi) is 6.23. The van der Waals surface area contributed by atoms with Crippen molar-refractivity contribution in [3.8, 4) is 17.6 Å². The lowest BCUT2D eigenvalue weighted by Gasteiger charge is -2.08. The normalized spacial score (nSPS) is 10.9. The summed E-state index contributed by atoms with van der Waals surface area (Å²) in [5.74, 6) is -0.402. The highest BCUT2D eigenvalue weighted by Crippen LogP contribution is 2.31. The third-order valence-electron chi connectivity index (χ3n) is 3.13. The average molecular weight is 378 g/mol. The van der Waals surface area contributed by atoms with E-state index in [0.29, 0.717) is 27.6 Å². The van der Waals surface area contributed by atoms with Crippen molar-refractivity contribution in [2.45, 2.75) is 6.92 Å². The number of carbonyl (C=O) groups excluding carboxylic acids is 1. The smallest absolute Gasteiger partial charge is 0.277 e. The topological polar surface area (TPSA) is 94.7 Å². The first-order valence-corrected chi connectivity index (χ1v) is 7.81. The van der Waals surface area contributed by atoms with E-state index in [2.05, 4.69) is 10.5 Å². The number of phenolic OH excluding ortho intramolecular Hbond substituents is 1. The van der Waals surface area contributed by atoms with Crippen molar-refractivity contribution >= 4 is 34.8 Å². The second-order valence-corrected chi connectivity index (χ2v) is 5.76. The number of carbonyl (C=O) groups is 1. The Morgan fingerprint density at radius 1 is 1.36 bits per heavy atom. The Hall–Kier alpha value is -2.75. The number of hydrogen-bond donors (Lipinski definition) is 2. The highest BCUT2D eigenvalue weighted by Gasteiger charge is 2.11. The summed E-state index contributed by atoms with van der Waals surface area (Å²) in [6.07, 6.45) is 0. The molecule has 0 bridgehead atoms. The molecule has 0 aromatic heterocycles.